The van der Waals surface area contributed by atoms with Gasteiger partial charge in [0.05, 0.1) is 0 Å². The van der Waals surface area contributed by atoms with Crippen LogP contribution in [0.4, 0.5) is 10.1 Å². The van der Waals surface area contributed by atoms with Crippen LogP contribution in [-0.4, -0.2) is 25.7 Å². The number of carbonyl (C=O) groups is 1. The van der Waals surface area contributed by atoms with Crippen molar-refractivity contribution in [2.24, 2.45) is 0 Å². The van der Waals surface area contributed by atoms with Gasteiger partial charge in [-0.1, -0.05) is 60.3 Å². The third-order valence-electron chi connectivity index (χ3n) is 6.08. The summed E-state index contributed by atoms with van der Waals surface area (Å²) in [6.07, 6.45) is 4.08. The second-order valence-corrected chi connectivity index (χ2v) is 9.63. The van der Waals surface area contributed by atoms with Crippen LogP contribution in [-0.2, 0) is 4.79 Å². The van der Waals surface area contributed by atoms with E-state index in [-0.39, 0.29) is 11.7 Å². The lowest BCUT2D eigenvalue weighted by atomic mass is 10.1. The zero-order valence-corrected chi connectivity index (χ0v) is 19.5. The van der Waals surface area contributed by atoms with Crippen LogP contribution in [0.1, 0.15) is 29.7 Å². The summed E-state index contributed by atoms with van der Waals surface area (Å²) < 4.78 is 15.5. The molecule has 0 spiro atoms. The summed E-state index contributed by atoms with van der Waals surface area (Å²) in [6.45, 7) is 0. The lowest BCUT2D eigenvalue weighted by Gasteiger charge is -2.17. The van der Waals surface area contributed by atoms with Gasteiger partial charge in [-0.2, -0.15) is 0 Å². The van der Waals surface area contributed by atoms with Gasteiger partial charge in [0.1, 0.15) is 11.1 Å². The molecule has 2 aromatic heterocycles. The van der Waals surface area contributed by atoms with Gasteiger partial charge in [0.15, 0.2) is 11.0 Å². The van der Waals surface area contributed by atoms with Crippen molar-refractivity contribution in [3.05, 3.63) is 96.4 Å². The molecule has 8 heteroatoms. The number of nitrogens with one attached hydrogen (secondary N) is 2. The summed E-state index contributed by atoms with van der Waals surface area (Å²) in [5, 5.41) is 13.3. The van der Waals surface area contributed by atoms with E-state index >= 15 is 0 Å². The van der Waals surface area contributed by atoms with Gasteiger partial charge in [-0.15, -0.1) is 10.2 Å². The Balaban J connectivity index is 1.36. The van der Waals surface area contributed by atoms with E-state index in [1.54, 1.807) is 12.1 Å². The van der Waals surface area contributed by atoms with Crippen LogP contribution in [0.25, 0.3) is 22.3 Å². The van der Waals surface area contributed by atoms with Gasteiger partial charge in [0.2, 0.25) is 5.91 Å². The summed E-state index contributed by atoms with van der Waals surface area (Å²) in [4.78, 5) is 16.7. The van der Waals surface area contributed by atoms with Crippen LogP contribution in [0.15, 0.2) is 90.2 Å². The third kappa shape index (κ3) is 4.33. The number of nitrogens with zero attached hydrogens (tertiary/aromatic N) is 3. The summed E-state index contributed by atoms with van der Waals surface area (Å²) in [5.41, 5.74) is 3.44. The van der Waals surface area contributed by atoms with E-state index in [0.717, 1.165) is 40.7 Å². The number of anilines is 1. The second-order valence-electron chi connectivity index (χ2n) is 8.56. The van der Waals surface area contributed by atoms with Gasteiger partial charge in [0.25, 0.3) is 0 Å². The lowest BCUT2D eigenvalue weighted by Crippen LogP contribution is -2.19. The number of thioether (sulfide) groups is 1. The maximum Gasteiger partial charge on any atom is 0.242 e. The number of para-hydroxylation sites is 1. The van der Waals surface area contributed by atoms with Crippen molar-refractivity contribution in [1.82, 2.24) is 19.7 Å². The summed E-state index contributed by atoms with van der Waals surface area (Å²) in [6, 6.07) is 23.8. The van der Waals surface area contributed by atoms with Crippen LogP contribution in [0.3, 0.4) is 0 Å². The van der Waals surface area contributed by atoms with E-state index in [1.807, 2.05) is 54.7 Å². The molecule has 5 aromatic rings. The number of aromatic amines is 1. The van der Waals surface area contributed by atoms with Crippen molar-refractivity contribution >= 4 is 34.3 Å². The van der Waals surface area contributed by atoms with E-state index in [4.69, 9.17) is 0 Å². The molecule has 2 heterocycles. The first kappa shape index (κ1) is 21.6. The summed E-state index contributed by atoms with van der Waals surface area (Å²) >= 11 is 1.38. The van der Waals surface area contributed by atoms with Gasteiger partial charge < -0.3 is 10.3 Å². The minimum atomic E-state index is -0.557. The number of hydrogen-bond donors (Lipinski definition) is 2. The van der Waals surface area contributed by atoms with Gasteiger partial charge in [-0.25, -0.2) is 4.39 Å². The van der Waals surface area contributed by atoms with Crippen molar-refractivity contribution in [2.75, 3.05) is 5.32 Å². The Hall–Kier alpha value is -3.91. The molecule has 1 atom stereocenters. The van der Waals surface area contributed by atoms with Crippen LogP contribution >= 0.6 is 11.8 Å². The standard InChI is InChI=1S/C27H22FN5OS/c28-18-10-12-19(13-11-18)30-26(34)24(17-6-2-1-3-7-17)35-27-32-31-25(33(27)20-14-15-20)22-16-29-23-9-5-4-8-21(22)23/h1-13,16,20,24,29H,14-15H2,(H,30,34). The molecule has 2 N–H and O–H groups in total. The second kappa shape index (κ2) is 9.03. The molecule has 1 aliphatic rings. The number of rotatable bonds is 7. The van der Waals surface area contributed by atoms with Crippen molar-refractivity contribution < 1.29 is 9.18 Å². The summed E-state index contributed by atoms with van der Waals surface area (Å²) in [7, 11) is 0. The first-order valence-corrected chi connectivity index (χ1v) is 12.3. The fourth-order valence-electron chi connectivity index (χ4n) is 4.21. The molecule has 6 nitrogen and oxygen atoms in total. The molecule has 35 heavy (non-hydrogen) atoms. The fraction of sp³-hybridized carbons (Fsp3) is 0.148. The van der Waals surface area contributed by atoms with Crippen LogP contribution in [0.2, 0.25) is 0 Å². The van der Waals surface area contributed by atoms with Crippen molar-refractivity contribution in [3.63, 3.8) is 0 Å². The number of halogens is 1. The van der Waals surface area contributed by atoms with Gasteiger partial charge in [-0.3, -0.25) is 9.36 Å². The molecule has 0 saturated heterocycles. The number of H-pyrrole nitrogens is 1. The number of carbonyl (C=O) groups excluding carboxylic acids is 1. The quantitative estimate of drug-likeness (QED) is 0.264. The van der Waals surface area contributed by atoms with Crippen LogP contribution in [0.5, 0.6) is 0 Å². The molecule has 6 rings (SSSR count). The number of aromatic nitrogens is 4. The van der Waals surface area contributed by atoms with Crippen molar-refractivity contribution in [2.45, 2.75) is 29.3 Å². The van der Waals surface area contributed by atoms with Crippen molar-refractivity contribution in [3.8, 4) is 11.4 Å². The lowest BCUT2D eigenvalue weighted by molar-refractivity contribution is -0.115. The monoisotopic (exact) mass is 483 g/mol. The Bertz CT molecular complexity index is 1490. The predicted octanol–water partition coefficient (Wildman–Crippen LogP) is 6.37. The molecule has 1 unspecified atom stereocenters. The van der Waals surface area contributed by atoms with E-state index in [1.165, 1.54) is 23.9 Å². The molecular formula is C27H22FN5OS. The van der Waals surface area contributed by atoms with E-state index < -0.39 is 5.25 Å². The van der Waals surface area contributed by atoms with Gasteiger partial charge >= 0.3 is 0 Å². The SMILES string of the molecule is O=C(Nc1ccc(F)cc1)C(Sc1nnc(-c2c[nH]c3ccccc23)n1C1CC1)c1ccccc1. The Labute approximate surface area is 205 Å². The van der Waals surface area contributed by atoms with Crippen LogP contribution < -0.4 is 5.32 Å². The average molecular weight is 484 g/mol. The number of benzene rings is 3. The smallest absolute Gasteiger partial charge is 0.242 e. The highest BCUT2D eigenvalue weighted by atomic mass is 32.2. The maximum absolute atomic E-state index is 13.4. The molecule has 3 aromatic carbocycles. The van der Waals surface area contributed by atoms with E-state index in [2.05, 4.69) is 31.1 Å². The minimum absolute atomic E-state index is 0.202. The fourth-order valence-corrected chi connectivity index (χ4v) is 5.31. The normalized spacial score (nSPS) is 14.2. The molecule has 0 bridgehead atoms. The zero-order chi connectivity index (χ0) is 23.8. The van der Waals surface area contributed by atoms with Gasteiger partial charge in [0, 0.05) is 34.4 Å². The maximum atomic E-state index is 13.4. The minimum Gasteiger partial charge on any atom is -0.360 e. The average Bonchev–Trinajstić information content (AvgIpc) is 3.50. The Morgan fingerprint density at radius 1 is 1.00 bits per heavy atom. The molecule has 1 aliphatic carbocycles. The zero-order valence-electron chi connectivity index (χ0n) is 18.7. The molecule has 1 fully saturated rings. The highest BCUT2D eigenvalue weighted by molar-refractivity contribution is 8.00. The predicted molar refractivity (Wildman–Crippen MR) is 136 cm³/mol. The number of hydrogen-bond acceptors (Lipinski definition) is 4. The molecular weight excluding hydrogens is 461 g/mol. The third-order valence-corrected chi connectivity index (χ3v) is 7.29. The highest BCUT2D eigenvalue weighted by Gasteiger charge is 2.33. The Kier molecular flexibility index (Phi) is 5.58. The van der Waals surface area contributed by atoms with Crippen molar-refractivity contribution in [1.29, 1.82) is 0 Å². The first-order chi connectivity index (χ1) is 17.2. The van der Waals surface area contributed by atoms with Gasteiger partial charge in [-0.05, 0) is 48.7 Å². The molecule has 1 amide bonds. The number of amides is 1. The van der Waals surface area contributed by atoms with Crippen LogP contribution in [0, 0.1) is 5.82 Å². The summed E-state index contributed by atoms with van der Waals surface area (Å²) in [5.74, 6) is 0.254. The van der Waals surface area contributed by atoms with E-state index in [0.29, 0.717) is 16.9 Å². The Morgan fingerprint density at radius 3 is 2.51 bits per heavy atom. The molecule has 0 aliphatic heterocycles. The molecule has 0 radical (unpaired) electrons. The Morgan fingerprint density at radius 2 is 1.74 bits per heavy atom. The topological polar surface area (TPSA) is 75.6 Å². The highest BCUT2D eigenvalue weighted by Crippen LogP contribution is 2.45. The molecule has 1 saturated carbocycles. The first-order valence-electron chi connectivity index (χ1n) is 11.5. The number of fused-ring (bicyclic) bond motifs is 1. The largest absolute Gasteiger partial charge is 0.360 e. The molecule has 174 valence electrons. The van der Waals surface area contributed by atoms with E-state index in [9.17, 15) is 9.18 Å².